The molecule has 0 fully saturated rings. The molecular weight excluding hydrogens is 399 g/mol. The Morgan fingerprint density at radius 2 is 2.11 bits per heavy atom. The van der Waals surface area contributed by atoms with Crippen LogP contribution in [0, 0.1) is 5.82 Å². The van der Waals surface area contributed by atoms with Gasteiger partial charge >= 0.3 is 0 Å². The zero-order chi connectivity index (χ0) is 14.0. The Morgan fingerprint density at radius 3 is 2.68 bits per heavy atom. The number of benzene rings is 1. The van der Waals surface area contributed by atoms with E-state index in [-0.39, 0.29) is 5.56 Å². The van der Waals surface area contributed by atoms with Gasteiger partial charge in [0.1, 0.15) is 5.82 Å². The standard InChI is InChI=1S/C12H9Br2FN2OS/c13-9-4-7(19-11(9)14)5-17-6-1-2-10(15)8(3-6)12(16)18/h1-4,17H,5H2,(H2,16,18). The van der Waals surface area contributed by atoms with Gasteiger partial charge in [-0.3, -0.25) is 4.79 Å². The first-order valence-corrected chi connectivity index (χ1v) is 7.64. The normalized spacial score (nSPS) is 10.5. The molecule has 2 aromatic rings. The lowest BCUT2D eigenvalue weighted by molar-refractivity contribution is 0.0996. The molecule has 19 heavy (non-hydrogen) atoms. The van der Waals surface area contributed by atoms with Crippen LogP contribution in [0.1, 0.15) is 15.2 Å². The van der Waals surface area contributed by atoms with Crippen LogP contribution in [-0.4, -0.2) is 5.91 Å². The Labute approximate surface area is 130 Å². The van der Waals surface area contributed by atoms with Crippen molar-refractivity contribution >= 4 is 54.8 Å². The molecule has 2 rings (SSSR count). The lowest BCUT2D eigenvalue weighted by atomic mass is 10.2. The molecule has 0 atom stereocenters. The fraction of sp³-hybridized carbons (Fsp3) is 0.0833. The molecule has 0 radical (unpaired) electrons. The van der Waals surface area contributed by atoms with Crippen LogP contribution >= 0.6 is 43.2 Å². The summed E-state index contributed by atoms with van der Waals surface area (Å²) in [6.45, 7) is 0.582. The summed E-state index contributed by atoms with van der Waals surface area (Å²) in [6, 6.07) is 6.19. The molecule has 0 aliphatic carbocycles. The molecule has 1 aromatic carbocycles. The molecular formula is C12H9Br2FN2OS. The van der Waals surface area contributed by atoms with Gasteiger partial charge in [-0.1, -0.05) is 0 Å². The topological polar surface area (TPSA) is 55.1 Å². The molecule has 0 saturated heterocycles. The molecule has 1 heterocycles. The maximum Gasteiger partial charge on any atom is 0.251 e. The minimum absolute atomic E-state index is 0.112. The van der Waals surface area contributed by atoms with Gasteiger partial charge in [0.05, 0.1) is 9.35 Å². The lowest BCUT2D eigenvalue weighted by Crippen LogP contribution is -2.13. The van der Waals surface area contributed by atoms with Gasteiger partial charge in [0.25, 0.3) is 5.91 Å². The number of amides is 1. The molecule has 0 aliphatic heterocycles. The van der Waals surface area contributed by atoms with E-state index < -0.39 is 11.7 Å². The van der Waals surface area contributed by atoms with Gasteiger partial charge in [-0.2, -0.15) is 0 Å². The van der Waals surface area contributed by atoms with Crippen molar-refractivity contribution < 1.29 is 9.18 Å². The van der Waals surface area contributed by atoms with Gasteiger partial charge in [0.15, 0.2) is 0 Å². The van der Waals surface area contributed by atoms with Crippen LogP contribution in [0.3, 0.4) is 0 Å². The summed E-state index contributed by atoms with van der Waals surface area (Å²) in [6.07, 6.45) is 0. The van der Waals surface area contributed by atoms with Crippen LogP contribution in [0.15, 0.2) is 32.5 Å². The summed E-state index contributed by atoms with van der Waals surface area (Å²) in [5.41, 5.74) is 5.63. The Bertz CT molecular complexity index is 611. The van der Waals surface area contributed by atoms with Gasteiger partial charge in [-0.25, -0.2) is 4.39 Å². The molecule has 1 amide bonds. The van der Waals surface area contributed by atoms with Crippen LogP contribution in [-0.2, 0) is 6.54 Å². The van der Waals surface area contributed by atoms with Crippen molar-refractivity contribution in [1.29, 1.82) is 0 Å². The molecule has 0 unspecified atom stereocenters. The minimum Gasteiger partial charge on any atom is -0.380 e. The second-order valence-electron chi connectivity index (χ2n) is 3.75. The maximum absolute atomic E-state index is 13.3. The third-order valence-electron chi connectivity index (χ3n) is 2.39. The zero-order valence-corrected chi connectivity index (χ0v) is 13.5. The number of hydrogen-bond donors (Lipinski definition) is 2. The first-order chi connectivity index (χ1) is 8.97. The lowest BCUT2D eigenvalue weighted by Gasteiger charge is -2.06. The molecule has 100 valence electrons. The summed E-state index contributed by atoms with van der Waals surface area (Å²) in [5, 5.41) is 3.12. The number of nitrogens with two attached hydrogens (primary N) is 1. The van der Waals surface area contributed by atoms with Crippen molar-refractivity contribution in [3.05, 3.63) is 48.8 Å². The van der Waals surface area contributed by atoms with Crippen molar-refractivity contribution in [2.45, 2.75) is 6.54 Å². The average molecular weight is 408 g/mol. The summed E-state index contributed by atoms with van der Waals surface area (Å²) in [4.78, 5) is 12.1. The van der Waals surface area contributed by atoms with E-state index in [0.29, 0.717) is 12.2 Å². The van der Waals surface area contributed by atoms with E-state index in [1.54, 1.807) is 17.4 Å². The van der Waals surface area contributed by atoms with Gasteiger partial charge in [-0.05, 0) is 56.1 Å². The number of rotatable bonds is 4. The Morgan fingerprint density at radius 1 is 1.37 bits per heavy atom. The Hall–Kier alpha value is -0.920. The number of carbonyl (C=O) groups is 1. The second-order valence-corrected chi connectivity index (χ2v) is 7.06. The minimum atomic E-state index is -0.775. The monoisotopic (exact) mass is 406 g/mol. The molecule has 0 bridgehead atoms. The molecule has 0 saturated carbocycles. The number of carbonyl (C=O) groups excluding carboxylic acids is 1. The quantitative estimate of drug-likeness (QED) is 0.800. The average Bonchev–Trinajstić information content (AvgIpc) is 2.67. The highest BCUT2D eigenvalue weighted by molar-refractivity contribution is 9.13. The second kappa shape index (κ2) is 6.02. The highest BCUT2D eigenvalue weighted by atomic mass is 79.9. The fourth-order valence-electron chi connectivity index (χ4n) is 1.49. The van der Waals surface area contributed by atoms with Crippen molar-refractivity contribution in [2.75, 3.05) is 5.32 Å². The summed E-state index contributed by atoms with van der Waals surface area (Å²) in [7, 11) is 0. The SMILES string of the molecule is NC(=O)c1cc(NCc2cc(Br)c(Br)s2)ccc1F. The fourth-order valence-corrected chi connectivity index (χ4v) is 3.61. The number of hydrogen-bond acceptors (Lipinski definition) is 3. The smallest absolute Gasteiger partial charge is 0.251 e. The van der Waals surface area contributed by atoms with Crippen molar-refractivity contribution in [2.24, 2.45) is 5.73 Å². The van der Waals surface area contributed by atoms with E-state index in [1.165, 1.54) is 12.1 Å². The third kappa shape index (κ3) is 3.55. The summed E-state index contributed by atoms with van der Waals surface area (Å²) in [5.74, 6) is -1.39. The predicted octanol–water partition coefficient (Wildman–Crippen LogP) is 4.12. The number of thiophene rings is 1. The number of halogens is 3. The van der Waals surface area contributed by atoms with Crippen molar-refractivity contribution in [1.82, 2.24) is 0 Å². The summed E-state index contributed by atoms with van der Waals surface area (Å²) < 4.78 is 15.3. The zero-order valence-electron chi connectivity index (χ0n) is 9.54. The van der Waals surface area contributed by atoms with Crippen LogP contribution in [0.25, 0.3) is 0 Å². The van der Waals surface area contributed by atoms with Crippen LogP contribution in [0.2, 0.25) is 0 Å². The molecule has 7 heteroatoms. The van der Waals surface area contributed by atoms with Crippen molar-refractivity contribution in [3.63, 3.8) is 0 Å². The highest BCUT2D eigenvalue weighted by Crippen LogP contribution is 2.32. The van der Waals surface area contributed by atoms with E-state index in [2.05, 4.69) is 37.2 Å². The van der Waals surface area contributed by atoms with Crippen molar-refractivity contribution in [3.8, 4) is 0 Å². The molecule has 1 aromatic heterocycles. The highest BCUT2D eigenvalue weighted by Gasteiger charge is 2.09. The maximum atomic E-state index is 13.3. The molecule has 0 aliphatic rings. The number of anilines is 1. The van der Waals surface area contributed by atoms with Crippen LogP contribution < -0.4 is 11.1 Å². The first kappa shape index (κ1) is 14.5. The Kier molecular flexibility index (Phi) is 4.59. The first-order valence-electron chi connectivity index (χ1n) is 5.24. The van der Waals surface area contributed by atoms with Gasteiger partial charge in [0.2, 0.25) is 0 Å². The predicted molar refractivity (Wildman–Crippen MR) is 82.0 cm³/mol. The number of primary amides is 1. The van der Waals surface area contributed by atoms with E-state index in [9.17, 15) is 9.18 Å². The molecule has 3 nitrogen and oxygen atoms in total. The largest absolute Gasteiger partial charge is 0.380 e. The van der Waals surface area contributed by atoms with Gasteiger partial charge in [0, 0.05) is 21.6 Å². The van der Waals surface area contributed by atoms with E-state index in [4.69, 9.17) is 5.73 Å². The van der Waals surface area contributed by atoms with Gasteiger partial charge in [-0.15, -0.1) is 11.3 Å². The van der Waals surface area contributed by atoms with Crippen LogP contribution in [0.5, 0.6) is 0 Å². The summed E-state index contributed by atoms with van der Waals surface area (Å²) >= 11 is 8.41. The molecule has 3 N–H and O–H groups in total. The Balaban J connectivity index is 2.11. The number of nitrogens with one attached hydrogen (secondary N) is 1. The van der Waals surface area contributed by atoms with E-state index in [0.717, 1.165) is 13.1 Å². The molecule has 0 spiro atoms. The van der Waals surface area contributed by atoms with Crippen LogP contribution in [0.4, 0.5) is 10.1 Å². The third-order valence-corrected chi connectivity index (χ3v) is 5.65. The van der Waals surface area contributed by atoms with E-state index >= 15 is 0 Å². The van der Waals surface area contributed by atoms with Gasteiger partial charge < -0.3 is 11.1 Å². The van der Waals surface area contributed by atoms with E-state index in [1.807, 2.05) is 6.07 Å².